The Morgan fingerprint density at radius 1 is 1.00 bits per heavy atom. The van der Waals surface area contributed by atoms with Crippen molar-refractivity contribution in [2.75, 3.05) is 0 Å². The van der Waals surface area contributed by atoms with Gasteiger partial charge in [-0.05, 0) is 42.7 Å². The van der Waals surface area contributed by atoms with E-state index in [0.717, 1.165) is 29.8 Å². The highest BCUT2D eigenvalue weighted by molar-refractivity contribution is 5.59. The van der Waals surface area contributed by atoms with E-state index in [2.05, 4.69) is 32.9 Å². The molecule has 2 aliphatic rings. The molecular formula is C21H25NO. The van der Waals surface area contributed by atoms with Gasteiger partial charge in [-0.3, -0.25) is 0 Å². The lowest BCUT2D eigenvalue weighted by molar-refractivity contribution is -0.0987. The number of rotatable bonds is 2. The molecular weight excluding hydrogens is 282 g/mol. The zero-order chi connectivity index (χ0) is 16.3. The minimum Gasteiger partial charge on any atom is -0.383 e. The maximum atomic E-state index is 11.7. The monoisotopic (exact) mass is 307 g/mol. The van der Waals surface area contributed by atoms with Crippen LogP contribution in [0.1, 0.15) is 45.7 Å². The van der Waals surface area contributed by atoms with Crippen molar-refractivity contribution >= 4 is 0 Å². The number of benzene rings is 1. The molecule has 2 bridgehead atoms. The summed E-state index contributed by atoms with van der Waals surface area (Å²) in [6.07, 6.45) is 3.14. The van der Waals surface area contributed by atoms with Crippen LogP contribution in [0.25, 0.3) is 11.3 Å². The third-order valence-electron chi connectivity index (χ3n) is 7.13. The van der Waals surface area contributed by atoms with Crippen LogP contribution in [0.5, 0.6) is 0 Å². The van der Waals surface area contributed by atoms with Gasteiger partial charge in [-0.1, -0.05) is 57.2 Å². The standard InChI is InChI=1S/C21H25NO/c1-19(2)16-12-13-20(19,3)21(23,14-16)18-11-7-10-17(22-18)15-8-5-4-6-9-15/h4-11,16,23H,12-14H2,1-3H3/t16-,20-,21+/m1/s1. The summed E-state index contributed by atoms with van der Waals surface area (Å²) in [5.41, 5.74) is 2.13. The quantitative estimate of drug-likeness (QED) is 0.866. The second-order valence-corrected chi connectivity index (χ2v) is 8.13. The summed E-state index contributed by atoms with van der Waals surface area (Å²) in [5, 5.41) is 11.7. The van der Waals surface area contributed by atoms with E-state index in [1.54, 1.807) is 0 Å². The fourth-order valence-electron chi connectivity index (χ4n) is 5.10. The van der Waals surface area contributed by atoms with E-state index in [9.17, 15) is 5.11 Å². The number of fused-ring (bicyclic) bond motifs is 2. The van der Waals surface area contributed by atoms with Gasteiger partial charge in [0.2, 0.25) is 0 Å². The predicted molar refractivity (Wildman–Crippen MR) is 92.8 cm³/mol. The van der Waals surface area contributed by atoms with Crippen LogP contribution in [0.15, 0.2) is 48.5 Å². The van der Waals surface area contributed by atoms with Crippen molar-refractivity contribution in [3.63, 3.8) is 0 Å². The molecule has 0 aliphatic heterocycles. The maximum Gasteiger partial charge on any atom is 0.113 e. The van der Waals surface area contributed by atoms with Crippen LogP contribution < -0.4 is 0 Å². The fraction of sp³-hybridized carbons (Fsp3) is 0.476. The third-order valence-corrected chi connectivity index (χ3v) is 7.13. The first-order chi connectivity index (χ1) is 10.9. The predicted octanol–water partition coefficient (Wildman–Crippen LogP) is 4.78. The number of aromatic nitrogens is 1. The molecule has 2 nitrogen and oxygen atoms in total. The van der Waals surface area contributed by atoms with Gasteiger partial charge in [0.25, 0.3) is 0 Å². The van der Waals surface area contributed by atoms with Crippen LogP contribution in [-0.2, 0) is 5.60 Å². The SMILES string of the molecule is CC1(C)[C@@H]2CC[C@@]1(C)[C@@](O)(c1cccc(-c3ccccc3)n1)C2. The Kier molecular flexibility index (Phi) is 3.02. The summed E-state index contributed by atoms with van der Waals surface area (Å²) < 4.78 is 0. The van der Waals surface area contributed by atoms with Crippen LogP contribution in [0.3, 0.4) is 0 Å². The lowest BCUT2D eigenvalue weighted by Crippen LogP contribution is -2.45. The van der Waals surface area contributed by atoms with Crippen LogP contribution in [0, 0.1) is 16.7 Å². The molecule has 2 heteroatoms. The Balaban J connectivity index is 1.80. The van der Waals surface area contributed by atoms with E-state index in [0.29, 0.717) is 5.92 Å². The van der Waals surface area contributed by atoms with Gasteiger partial charge in [-0.2, -0.15) is 0 Å². The number of aliphatic hydroxyl groups is 1. The van der Waals surface area contributed by atoms with E-state index < -0.39 is 5.60 Å². The molecule has 1 N–H and O–H groups in total. The summed E-state index contributed by atoms with van der Waals surface area (Å²) in [4.78, 5) is 4.88. The van der Waals surface area contributed by atoms with E-state index in [4.69, 9.17) is 4.98 Å². The highest BCUT2D eigenvalue weighted by Crippen LogP contribution is 2.72. The number of pyridine rings is 1. The van der Waals surface area contributed by atoms with Crippen LogP contribution in [0.4, 0.5) is 0 Å². The average molecular weight is 307 g/mol. The highest BCUT2D eigenvalue weighted by Gasteiger charge is 2.69. The molecule has 2 fully saturated rings. The largest absolute Gasteiger partial charge is 0.383 e. The van der Waals surface area contributed by atoms with Gasteiger partial charge in [0.15, 0.2) is 0 Å². The Morgan fingerprint density at radius 3 is 2.35 bits per heavy atom. The molecule has 0 amide bonds. The van der Waals surface area contributed by atoms with Gasteiger partial charge in [0, 0.05) is 11.0 Å². The van der Waals surface area contributed by atoms with Crippen molar-refractivity contribution in [3.8, 4) is 11.3 Å². The molecule has 23 heavy (non-hydrogen) atoms. The Bertz CT molecular complexity index is 739. The first kappa shape index (κ1) is 14.9. The molecule has 0 saturated heterocycles. The second-order valence-electron chi connectivity index (χ2n) is 8.13. The Hall–Kier alpha value is -1.67. The van der Waals surface area contributed by atoms with Crippen molar-refractivity contribution in [2.45, 2.75) is 45.6 Å². The summed E-state index contributed by atoms with van der Waals surface area (Å²) in [6, 6.07) is 16.3. The van der Waals surface area contributed by atoms with Gasteiger partial charge in [0.1, 0.15) is 5.60 Å². The average Bonchev–Trinajstić information content (AvgIpc) is 2.88. The van der Waals surface area contributed by atoms with Crippen LogP contribution in [-0.4, -0.2) is 10.1 Å². The third kappa shape index (κ3) is 1.82. The molecule has 0 unspecified atom stereocenters. The first-order valence-electron chi connectivity index (χ1n) is 8.64. The Labute approximate surface area is 138 Å². The fourth-order valence-corrected chi connectivity index (χ4v) is 5.10. The molecule has 1 aromatic heterocycles. The number of hydrogen-bond donors (Lipinski definition) is 1. The number of hydrogen-bond acceptors (Lipinski definition) is 2. The van der Waals surface area contributed by atoms with E-state index >= 15 is 0 Å². The summed E-state index contributed by atoms with van der Waals surface area (Å²) >= 11 is 0. The van der Waals surface area contributed by atoms with Gasteiger partial charge in [0.05, 0.1) is 11.4 Å². The molecule has 0 spiro atoms. The molecule has 2 saturated carbocycles. The molecule has 120 valence electrons. The van der Waals surface area contributed by atoms with Crippen LogP contribution >= 0.6 is 0 Å². The first-order valence-corrected chi connectivity index (χ1v) is 8.64. The van der Waals surface area contributed by atoms with Gasteiger partial charge >= 0.3 is 0 Å². The molecule has 0 radical (unpaired) electrons. The molecule has 1 aromatic carbocycles. The van der Waals surface area contributed by atoms with E-state index in [-0.39, 0.29) is 10.8 Å². The van der Waals surface area contributed by atoms with Gasteiger partial charge in [-0.25, -0.2) is 4.98 Å². The van der Waals surface area contributed by atoms with Crippen molar-refractivity contribution in [1.29, 1.82) is 0 Å². The minimum absolute atomic E-state index is 0.104. The van der Waals surface area contributed by atoms with E-state index in [1.165, 1.54) is 6.42 Å². The molecule has 1 heterocycles. The van der Waals surface area contributed by atoms with Gasteiger partial charge in [-0.15, -0.1) is 0 Å². The lowest BCUT2D eigenvalue weighted by atomic mass is 9.63. The minimum atomic E-state index is -0.815. The van der Waals surface area contributed by atoms with Gasteiger partial charge < -0.3 is 5.11 Å². The smallest absolute Gasteiger partial charge is 0.113 e. The van der Waals surface area contributed by atoms with Crippen molar-refractivity contribution in [3.05, 3.63) is 54.2 Å². The summed E-state index contributed by atoms with van der Waals surface area (Å²) in [5.74, 6) is 0.583. The van der Waals surface area contributed by atoms with Crippen molar-refractivity contribution in [1.82, 2.24) is 4.98 Å². The summed E-state index contributed by atoms with van der Waals surface area (Å²) in [7, 11) is 0. The number of nitrogens with zero attached hydrogens (tertiary/aromatic N) is 1. The highest BCUT2D eigenvalue weighted by atomic mass is 16.3. The molecule has 2 aromatic rings. The normalized spacial score (nSPS) is 34.7. The van der Waals surface area contributed by atoms with E-state index in [1.807, 2.05) is 36.4 Å². The zero-order valence-corrected chi connectivity index (χ0v) is 14.2. The van der Waals surface area contributed by atoms with Crippen LogP contribution in [0.2, 0.25) is 0 Å². The topological polar surface area (TPSA) is 33.1 Å². The Morgan fingerprint density at radius 2 is 1.74 bits per heavy atom. The van der Waals surface area contributed by atoms with Crippen molar-refractivity contribution in [2.24, 2.45) is 16.7 Å². The lowest BCUT2D eigenvalue weighted by Gasteiger charge is -2.45. The second kappa shape index (κ2) is 4.67. The summed E-state index contributed by atoms with van der Waals surface area (Å²) in [6.45, 7) is 6.91. The maximum absolute atomic E-state index is 11.7. The zero-order valence-electron chi connectivity index (χ0n) is 14.2. The van der Waals surface area contributed by atoms with Crippen molar-refractivity contribution < 1.29 is 5.11 Å². The molecule has 3 atom stereocenters. The molecule has 2 aliphatic carbocycles. The molecule has 4 rings (SSSR count).